The molecule has 1 fully saturated rings. The van der Waals surface area contributed by atoms with Crippen molar-refractivity contribution >= 4 is 23.2 Å². The van der Waals surface area contributed by atoms with Gasteiger partial charge in [0.15, 0.2) is 10.9 Å². The minimum atomic E-state index is -0.771. The van der Waals surface area contributed by atoms with Gasteiger partial charge in [0.1, 0.15) is 17.7 Å². The fraction of sp³-hybridized carbons (Fsp3) is 0.526. The van der Waals surface area contributed by atoms with Gasteiger partial charge in [-0.1, -0.05) is 50.9 Å². The van der Waals surface area contributed by atoms with E-state index in [0.29, 0.717) is 6.61 Å². The topological polar surface area (TPSA) is 53.6 Å². The Balaban J connectivity index is 2.00. The Morgan fingerprint density at radius 3 is 2.59 bits per heavy atom. The first-order chi connectivity index (χ1) is 12.6. The molecule has 1 saturated heterocycles. The van der Waals surface area contributed by atoms with Crippen molar-refractivity contribution in [1.82, 2.24) is 4.57 Å². The van der Waals surface area contributed by atoms with Gasteiger partial charge in [-0.25, -0.2) is 13.8 Å². The molecule has 0 spiro atoms. The van der Waals surface area contributed by atoms with Gasteiger partial charge in [0.25, 0.3) is 0 Å². The molecule has 148 valence electrons. The zero-order chi connectivity index (χ0) is 19.9. The van der Waals surface area contributed by atoms with E-state index in [-0.39, 0.29) is 39.6 Å². The first kappa shape index (κ1) is 20.2. The summed E-state index contributed by atoms with van der Waals surface area (Å²) in [4.78, 5) is 12.3. The Bertz CT molecular complexity index is 900. The van der Waals surface area contributed by atoms with Crippen molar-refractivity contribution in [3.05, 3.63) is 44.4 Å². The summed E-state index contributed by atoms with van der Waals surface area (Å²) in [6.07, 6.45) is 1.55. The van der Waals surface area contributed by atoms with Gasteiger partial charge in [-0.05, 0) is 12.5 Å². The van der Waals surface area contributed by atoms with E-state index in [1.165, 1.54) is 6.07 Å². The number of halogens is 3. The molecule has 0 amide bonds. The van der Waals surface area contributed by atoms with E-state index in [2.05, 4.69) is 0 Å². The lowest BCUT2D eigenvalue weighted by atomic mass is 9.94. The molecule has 2 unspecified atom stereocenters. The molecule has 0 aliphatic carbocycles. The fourth-order valence-corrected chi connectivity index (χ4v) is 3.70. The van der Waals surface area contributed by atoms with Crippen LogP contribution in [0, 0.1) is 5.82 Å². The monoisotopic (exact) mass is 417 g/mol. The van der Waals surface area contributed by atoms with Crippen molar-refractivity contribution in [2.24, 2.45) is 0 Å². The molecular weight excluding hydrogens is 396 g/mol. The summed E-state index contributed by atoms with van der Waals surface area (Å²) in [5, 5.41) is 0.134. The summed E-state index contributed by atoms with van der Waals surface area (Å²) >= 11 is 12.5. The fourth-order valence-electron chi connectivity index (χ4n) is 3.02. The highest BCUT2D eigenvalue weighted by atomic mass is 35.5. The molecule has 0 radical (unpaired) electrons. The largest absolute Gasteiger partial charge is 0.486 e. The van der Waals surface area contributed by atoms with Gasteiger partial charge in [-0.3, -0.25) is 0 Å². The number of oxazole rings is 1. The second-order valence-corrected chi connectivity index (χ2v) is 8.41. The average molecular weight is 418 g/mol. The standard InChI is InChI=1S/C19H22Cl2FNO4/c1-5-10-6-11(9-25-10)26-15-8-14(13(22)7-12(15)20)23-17(21)16(19(2,3)4)27-18(23)24/h7-8,10-11H,5-6,9H2,1-4H3. The zero-order valence-electron chi connectivity index (χ0n) is 15.6. The van der Waals surface area contributed by atoms with Crippen LogP contribution in [0.15, 0.2) is 21.3 Å². The lowest BCUT2D eigenvalue weighted by Gasteiger charge is -2.16. The Morgan fingerprint density at radius 1 is 1.33 bits per heavy atom. The number of hydrogen-bond donors (Lipinski definition) is 0. The Morgan fingerprint density at radius 2 is 2.04 bits per heavy atom. The van der Waals surface area contributed by atoms with Crippen LogP contribution in [-0.2, 0) is 10.2 Å². The summed E-state index contributed by atoms with van der Waals surface area (Å²) < 4.78 is 32.3. The van der Waals surface area contributed by atoms with Crippen molar-refractivity contribution in [3.63, 3.8) is 0 Å². The molecule has 2 aromatic rings. The third-order valence-corrected chi connectivity index (χ3v) is 5.11. The van der Waals surface area contributed by atoms with Gasteiger partial charge in [0.05, 0.1) is 23.4 Å². The predicted molar refractivity (Wildman–Crippen MR) is 102 cm³/mol. The van der Waals surface area contributed by atoms with Crippen LogP contribution in [0.2, 0.25) is 10.2 Å². The quantitative estimate of drug-likeness (QED) is 0.692. The van der Waals surface area contributed by atoms with Gasteiger partial charge < -0.3 is 13.9 Å². The Kier molecular flexibility index (Phi) is 5.62. The van der Waals surface area contributed by atoms with Crippen LogP contribution in [0.25, 0.3) is 5.69 Å². The maximum absolute atomic E-state index is 14.6. The molecule has 1 aromatic carbocycles. The SMILES string of the molecule is CCC1CC(Oc2cc(-n3c(Cl)c(C(C)(C)C)oc3=O)c(F)cc2Cl)CO1. The second-order valence-electron chi connectivity index (χ2n) is 7.65. The first-order valence-corrected chi connectivity index (χ1v) is 9.57. The molecule has 8 heteroatoms. The summed E-state index contributed by atoms with van der Waals surface area (Å²) in [6.45, 7) is 8.01. The van der Waals surface area contributed by atoms with Crippen LogP contribution in [0.1, 0.15) is 46.3 Å². The summed E-state index contributed by atoms with van der Waals surface area (Å²) in [6, 6.07) is 2.47. The molecule has 2 atom stereocenters. The smallest absolute Gasteiger partial charge is 0.425 e. The van der Waals surface area contributed by atoms with Crippen LogP contribution in [0.3, 0.4) is 0 Å². The summed E-state index contributed by atoms with van der Waals surface area (Å²) in [5.74, 6) is -0.931. The number of ether oxygens (including phenoxy) is 2. The molecule has 0 N–H and O–H groups in total. The van der Waals surface area contributed by atoms with E-state index in [0.717, 1.165) is 23.5 Å². The molecule has 1 aromatic heterocycles. The highest BCUT2D eigenvalue weighted by Crippen LogP contribution is 2.35. The van der Waals surface area contributed by atoms with Gasteiger partial charge >= 0.3 is 5.76 Å². The molecule has 27 heavy (non-hydrogen) atoms. The number of aromatic nitrogens is 1. The van der Waals surface area contributed by atoms with Crippen molar-refractivity contribution in [2.45, 2.75) is 58.2 Å². The molecule has 2 heterocycles. The minimum absolute atomic E-state index is 0.0231. The molecule has 5 nitrogen and oxygen atoms in total. The molecule has 0 bridgehead atoms. The van der Waals surface area contributed by atoms with Crippen LogP contribution < -0.4 is 10.5 Å². The number of rotatable bonds is 4. The van der Waals surface area contributed by atoms with E-state index in [9.17, 15) is 9.18 Å². The van der Waals surface area contributed by atoms with Crippen molar-refractivity contribution in [3.8, 4) is 11.4 Å². The Hall–Kier alpha value is -1.50. The molecular formula is C19H22Cl2FNO4. The number of hydrogen-bond acceptors (Lipinski definition) is 4. The van der Waals surface area contributed by atoms with Crippen LogP contribution >= 0.6 is 23.2 Å². The van der Waals surface area contributed by atoms with Gasteiger partial charge in [-0.15, -0.1) is 0 Å². The van der Waals surface area contributed by atoms with E-state index in [4.69, 9.17) is 37.1 Å². The third-order valence-electron chi connectivity index (χ3n) is 4.47. The van der Waals surface area contributed by atoms with Crippen LogP contribution in [0.5, 0.6) is 5.75 Å². The third kappa shape index (κ3) is 4.03. The predicted octanol–water partition coefficient (Wildman–Crippen LogP) is 5.12. The maximum atomic E-state index is 14.6. The van der Waals surface area contributed by atoms with Crippen LogP contribution in [0.4, 0.5) is 4.39 Å². The van der Waals surface area contributed by atoms with Crippen LogP contribution in [-0.4, -0.2) is 23.4 Å². The van der Waals surface area contributed by atoms with Crippen molar-refractivity contribution in [1.29, 1.82) is 0 Å². The van der Waals surface area contributed by atoms with E-state index in [1.54, 1.807) is 0 Å². The highest BCUT2D eigenvalue weighted by Gasteiger charge is 2.29. The molecule has 0 saturated carbocycles. The maximum Gasteiger partial charge on any atom is 0.425 e. The van der Waals surface area contributed by atoms with E-state index < -0.39 is 17.0 Å². The highest BCUT2D eigenvalue weighted by molar-refractivity contribution is 6.32. The van der Waals surface area contributed by atoms with Gasteiger partial charge in [-0.2, -0.15) is 0 Å². The minimum Gasteiger partial charge on any atom is -0.486 e. The molecule has 3 rings (SSSR count). The average Bonchev–Trinajstić information content (AvgIpc) is 3.14. The normalized spacial score (nSPS) is 20.3. The molecule has 1 aliphatic heterocycles. The van der Waals surface area contributed by atoms with E-state index in [1.807, 2.05) is 27.7 Å². The Labute approximate surface area is 167 Å². The van der Waals surface area contributed by atoms with Crippen molar-refractivity contribution < 1.29 is 18.3 Å². The summed E-state index contributed by atoms with van der Waals surface area (Å²) in [7, 11) is 0. The number of benzene rings is 1. The second kappa shape index (κ2) is 7.49. The molecule has 1 aliphatic rings. The lowest BCUT2D eigenvalue weighted by Crippen LogP contribution is -2.18. The van der Waals surface area contributed by atoms with E-state index >= 15 is 0 Å². The van der Waals surface area contributed by atoms with Gasteiger partial charge in [0.2, 0.25) is 0 Å². The number of nitrogens with zero attached hydrogens (tertiary/aromatic N) is 1. The lowest BCUT2D eigenvalue weighted by molar-refractivity contribution is 0.0921. The first-order valence-electron chi connectivity index (χ1n) is 8.81. The summed E-state index contributed by atoms with van der Waals surface area (Å²) in [5.41, 5.74) is -0.588. The zero-order valence-corrected chi connectivity index (χ0v) is 17.2. The van der Waals surface area contributed by atoms with Crippen molar-refractivity contribution in [2.75, 3.05) is 6.61 Å². The van der Waals surface area contributed by atoms with Gasteiger partial charge in [0, 0.05) is 17.9 Å².